The van der Waals surface area contributed by atoms with Crippen molar-refractivity contribution in [3.05, 3.63) is 34.2 Å². The third-order valence-corrected chi connectivity index (χ3v) is 5.71. The monoisotopic (exact) mass is 323 g/mol. The largest absolute Gasteiger partial charge is 0.391 e. The van der Waals surface area contributed by atoms with Gasteiger partial charge in [-0.25, -0.2) is 0 Å². The molecule has 1 fully saturated rings. The summed E-state index contributed by atoms with van der Waals surface area (Å²) < 4.78 is 1.01. The third-order valence-electron chi connectivity index (χ3n) is 4.04. The average Bonchev–Trinajstić information content (AvgIpc) is 2.69. The second-order valence-electron chi connectivity index (χ2n) is 5.53. The van der Waals surface area contributed by atoms with E-state index in [4.69, 9.17) is 11.6 Å². The van der Waals surface area contributed by atoms with Crippen molar-refractivity contribution >= 4 is 38.9 Å². The van der Waals surface area contributed by atoms with Gasteiger partial charge in [-0.15, -0.1) is 11.3 Å². The van der Waals surface area contributed by atoms with Crippen LogP contribution in [0.3, 0.4) is 0 Å². The normalized spacial score (nSPS) is 23.0. The topological polar surface area (TPSA) is 49.3 Å². The molecule has 1 aliphatic rings. The quantitative estimate of drug-likeness (QED) is 0.821. The number of hydrogen-bond acceptors (Lipinski definition) is 3. The smallest absolute Gasteiger partial charge is 0.263 e. The summed E-state index contributed by atoms with van der Waals surface area (Å²) in [5.74, 6) is -0.174. The number of hydrogen-bond donors (Lipinski definition) is 2. The van der Waals surface area contributed by atoms with Crippen LogP contribution in [-0.4, -0.2) is 23.2 Å². The number of fused-ring (bicyclic) bond motifs is 1. The molecular formula is C16H18ClNO2S. The molecule has 1 amide bonds. The number of carbonyl (C=O) groups excluding carboxylic acids is 1. The number of benzene rings is 1. The van der Waals surface area contributed by atoms with Gasteiger partial charge in [0, 0.05) is 10.1 Å². The van der Waals surface area contributed by atoms with Crippen LogP contribution in [0.4, 0.5) is 0 Å². The zero-order valence-electron chi connectivity index (χ0n) is 11.6. The summed E-state index contributed by atoms with van der Waals surface area (Å²) >= 11 is 7.73. The lowest BCUT2D eigenvalue weighted by molar-refractivity contribution is 0.0822. The van der Waals surface area contributed by atoms with E-state index < -0.39 is 6.10 Å². The van der Waals surface area contributed by atoms with Gasteiger partial charge in [0.15, 0.2) is 0 Å². The number of carbonyl (C=O) groups is 1. The molecule has 0 saturated heterocycles. The van der Waals surface area contributed by atoms with Gasteiger partial charge in [-0.2, -0.15) is 0 Å². The summed E-state index contributed by atoms with van der Waals surface area (Å²) in [6, 6.07) is 7.57. The van der Waals surface area contributed by atoms with Crippen LogP contribution in [0.5, 0.6) is 0 Å². The van der Waals surface area contributed by atoms with E-state index in [9.17, 15) is 9.90 Å². The molecule has 2 unspecified atom stereocenters. The van der Waals surface area contributed by atoms with E-state index >= 15 is 0 Å². The van der Waals surface area contributed by atoms with E-state index in [0.29, 0.717) is 9.90 Å². The fourth-order valence-electron chi connectivity index (χ4n) is 2.85. The second kappa shape index (κ2) is 6.34. The highest BCUT2D eigenvalue weighted by atomic mass is 35.5. The van der Waals surface area contributed by atoms with Crippen molar-refractivity contribution in [2.45, 2.75) is 44.2 Å². The van der Waals surface area contributed by atoms with Crippen molar-refractivity contribution < 1.29 is 9.90 Å². The minimum atomic E-state index is -0.454. The zero-order chi connectivity index (χ0) is 14.8. The highest BCUT2D eigenvalue weighted by Gasteiger charge is 2.25. The van der Waals surface area contributed by atoms with Gasteiger partial charge in [-0.1, -0.05) is 49.1 Å². The maximum Gasteiger partial charge on any atom is 0.263 e. The van der Waals surface area contributed by atoms with Crippen LogP contribution in [0.25, 0.3) is 10.1 Å². The van der Waals surface area contributed by atoms with Gasteiger partial charge >= 0.3 is 0 Å². The lowest BCUT2D eigenvalue weighted by Gasteiger charge is -2.21. The minimum Gasteiger partial charge on any atom is -0.391 e. The number of aliphatic hydroxyl groups is 1. The Hall–Kier alpha value is -1.10. The van der Waals surface area contributed by atoms with Crippen molar-refractivity contribution in [3.8, 4) is 0 Å². The zero-order valence-corrected chi connectivity index (χ0v) is 13.2. The Morgan fingerprint density at radius 2 is 2.00 bits per heavy atom. The van der Waals surface area contributed by atoms with E-state index in [2.05, 4.69) is 5.32 Å². The predicted molar refractivity (Wildman–Crippen MR) is 87.2 cm³/mol. The molecule has 1 aliphatic carbocycles. The second-order valence-corrected chi connectivity index (χ2v) is 6.96. The molecule has 0 spiro atoms. The molecule has 0 aliphatic heterocycles. The Bertz CT molecular complexity index is 655. The number of thiophene rings is 1. The molecule has 21 heavy (non-hydrogen) atoms. The molecule has 2 atom stereocenters. The molecule has 1 saturated carbocycles. The summed E-state index contributed by atoms with van der Waals surface area (Å²) in [5.41, 5.74) is 0. The molecule has 1 aromatic heterocycles. The van der Waals surface area contributed by atoms with Crippen LogP contribution in [-0.2, 0) is 0 Å². The van der Waals surface area contributed by atoms with Gasteiger partial charge < -0.3 is 10.4 Å². The first-order valence-corrected chi connectivity index (χ1v) is 8.52. The molecule has 2 N–H and O–H groups in total. The summed E-state index contributed by atoms with van der Waals surface area (Å²) in [4.78, 5) is 13.0. The number of halogens is 1. The van der Waals surface area contributed by atoms with E-state index in [1.165, 1.54) is 11.3 Å². The fourth-order valence-corrected chi connectivity index (χ4v) is 4.27. The van der Waals surface area contributed by atoms with E-state index in [0.717, 1.165) is 42.2 Å². The third kappa shape index (κ3) is 3.07. The van der Waals surface area contributed by atoms with Crippen molar-refractivity contribution in [1.29, 1.82) is 0 Å². The highest BCUT2D eigenvalue weighted by molar-refractivity contribution is 7.21. The molecule has 0 bridgehead atoms. The van der Waals surface area contributed by atoms with E-state index in [-0.39, 0.29) is 11.9 Å². The Morgan fingerprint density at radius 3 is 2.81 bits per heavy atom. The average molecular weight is 324 g/mol. The van der Waals surface area contributed by atoms with Crippen LogP contribution >= 0.6 is 22.9 Å². The molecular weight excluding hydrogens is 306 g/mol. The first-order valence-electron chi connectivity index (χ1n) is 7.33. The van der Waals surface area contributed by atoms with Gasteiger partial charge in [0.25, 0.3) is 5.91 Å². The van der Waals surface area contributed by atoms with Crippen molar-refractivity contribution in [2.24, 2.45) is 0 Å². The molecule has 1 aromatic carbocycles. The molecule has 3 nitrogen and oxygen atoms in total. The molecule has 2 aromatic rings. The van der Waals surface area contributed by atoms with Crippen molar-refractivity contribution in [3.63, 3.8) is 0 Å². The number of aliphatic hydroxyl groups excluding tert-OH is 1. The standard InChI is InChI=1S/C16H18ClNO2S/c17-14-10-6-4-5-9-13(10)21-15(14)16(20)18-11-7-2-1-3-8-12(11)19/h4-6,9,11-12,19H,1-3,7-8H2,(H,18,20). The van der Waals surface area contributed by atoms with Crippen LogP contribution < -0.4 is 5.32 Å². The number of nitrogens with one attached hydrogen (secondary N) is 1. The summed E-state index contributed by atoms with van der Waals surface area (Å²) in [6.07, 6.45) is 4.32. The molecule has 0 radical (unpaired) electrons. The molecule has 1 heterocycles. The summed E-state index contributed by atoms with van der Waals surface area (Å²) in [7, 11) is 0. The Balaban J connectivity index is 1.81. The van der Waals surface area contributed by atoms with Gasteiger partial charge in [-0.3, -0.25) is 4.79 Å². The lowest BCUT2D eigenvalue weighted by Crippen LogP contribution is -2.42. The SMILES string of the molecule is O=C(NC1CCCCCC1O)c1sc2ccccc2c1Cl. The van der Waals surface area contributed by atoms with E-state index in [1.54, 1.807) is 0 Å². The number of rotatable bonds is 2. The molecule has 5 heteroatoms. The van der Waals surface area contributed by atoms with Gasteiger partial charge in [0.2, 0.25) is 0 Å². The minimum absolute atomic E-state index is 0.165. The van der Waals surface area contributed by atoms with Crippen molar-refractivity contribution in [2.75, 3.05) is 0 Å². The Kier molecular flexibility index (Phi) is 4.48. The fraction of sp³-hybridized carbons (Fsp3) is 0.438. The Morgan fingerprint density at radius 1 is 1.24 bits per heavy atom. The molecule has 3 rings (SSSR count). The van der Waals surface area contributed by atoms with Crippen LogP contribution in [0, 0.1) is 0 Å². The molecule has 112 valence electrons. The highest BCUT2D eigenvalue weighted by Crippen LogP contribution is 2.35. The van der Waals surface area contributed by atoms with Gasteiger partial charge in [-0.05, 0) is 18.9 Å². The predicted octanol–water partition coefficient (Wildman–Crippen LogP) is 3.98. The maximum atomic E-state index is 12.5. The van der Waals surface area contributed by atoms with Crippen LogP contribution in [0.2, 0.25) is 5.02 Å². The van der Waals surface area contributed by atoms with Gasteiger partial charge in [0.1, 0.15) is 4.88 Å². The van der Waals surface area contributed by atoms with Gasteiger partial charge in [0.05, 0.1) is 17.2 Å². The van der Waals surface area contributed by atoms with Crippen LogP contribution in [0.1, 0.15) is 41.8 Å². The first-order chi connectivity index (χ1) is 10.2. The lowest BCUT2D eigenvalue weighted by atomic mass is 10.1. The summed E-state index contributed by atoms with van der Waals surface area (Å²) in [5, 5.41) is 14.5. The number of amides is 1. The maximum absolute atomic E-state index is 12.5. The van der Waals surface area contributed by atoms with Crippen molar-refractivity contribution in [1.82, 2.24) is 5.32 Å². The first kappa shape index (κ1) is 14.8. The Labute approximate surface area is 132 Å². The van der Waals surface area contributed by atoms with Crippen LogP contribution in [0.15, 0.2) is 24.3 Å². The van der Waals surface area contributed by atoms with E-state index in [1.807, 2.05) is 24.3 Å². The summed E-state index contributed by atoms with van der Waals surface area (Å²) in [6.45, 7) is 0.